The van der Waals surface area contributed by atoms with Crippen LogP contribution in [0.3, 0.4) is 0 Å². The molecule has 1 unspecified atom stereocenters. The second-order valence-corrected chi connectivity index (χ2v) is 6.05. The molecule has 6 heteroatoms. The first-order valence-corrected chi connectivity index (χ1v) is 8.21. The molecule has 4 rings (SSSR count). The number of rotatable bonds is 4. The molecule has 0 spiro atoms. The second kappa shape index (κ2) is 6.41. The molecule has 1 atom stereocenters. The first-order chi connectivity index (χ1) is 11.8. The van der Waals surface area contributed by atoms with E-state index in [1.54, 1.807) is 12.5 Å². The fraction of sp³-hybridized carbons (Fsp3) is 0.278. The van der Waals surface area contributed by atoms with Crippen molar-refractivity contribution in [2.24, 2.45) is 0 Å². The Morgan fingerprint density at radius 2 is 2.17 bits per heavy atom. The maximum absolute atomic E-state index is 12.1. The second-order valence-electron chi connectivity index (χ2n) is 6.05. The van der Waals surface area contributed by atoms with Gasteiger partial charge in [-0.3, -0.25) is 9.36 Å². The van der Waals surface area contributed by atoms with Gasteiger partial charge in [-0.05, 0) is 43.7 Å². The molecule has 1 amide bonds. The van der Waals surface area contributed by atoms with Crippen molar-refractivity contribution in [1.82, 2.24) is 19.9 Å². The summed E-state index contributed by atoms with van der Waals surface area (Å²) in [6.45, 7) is 1.01. The zero-order valence-corrected chi connectivity index (χ0v) is 13.3. The summed E-state index contributed by atoms with van der Waals surface area (Å²) in [5.41, 5.74) is 2.65. The summed E-state index contributed by atoms with van der Waals surface area (Å²) in [7, 11) is 0. The summed E-state index contributed by atoms with van der Waals surface area (Å²) in [6.07, 6.45) is 6.17. The summed E-state index contributed by atoms with van der Waals surface area (Å²) in [4.78, 5) is 20.9. The van der Waals surface area contributed by atoms with Crippen LogP contribution in [0.25, 0.3) is 16.9 Å². The molecule has 0 aliphatic carbocycles. The number of amides is 1. The zero-order valence-electron chi connectivity index (χ0n) is 13.3. The molecule has 6 nitrogen and oxygen atoms in total. The number of carbonyl (C=O) groups is 1. The lowest BCUT2D eigenvalue weighted by Gasteiger charge is -2.10. The van der Waals surface area contributed by atoms with Crippen molar-refractivity contribution in [2.75, 3.05) is 11.9 Å². The minimum atomic E-state index is 0.0250. The van der Waals surface area contributed by atoms with Gasteiger partial charge in [0.15, 0.2) is 0 Å². The number of fused-ring (bicyclic) bond motifs is 1. The van der Waals surface area contributed by atoms with Crippen molar-refractivity contribution in [3.8, 4) is 5.82 Å². The lowest BCUT2D eigenvalue weighted by molar-refractivity contribution is -0.116. The van der Waals surface area contributed by atoms with E-state index >= 15 is 0 Å². The maximum Gasteiger partial charge on any atom is 0.225 e. The zero-order chi connectivity index (χ0) is 16.4. The standard InChI is InChI=1S/C18H19N5O/c24-18(10-13-4-3-9-19-13)22-14-7-8-17(20-11-14)23-12-21-15-5-1-2-6-16(15)23/h1-2,5-8,11-13,19H,3-4,9-10H2,(H,22,24). The quantitative estimate of drug-likeness (QED) is 0.774. The van der Waals surface area contributed by atoms with Crippen molar-refractivity contribution in [2.45, 2.75) is 25.3 Å². The number of nitrogens with zero attached hydrogens (tertiary/aromatic N) is 3. The van der Waals surface area contributed by atoms with Gasteiger partial charge in [0.2, 0.25) is 5.91 Å². The van der Waals surface area contributed by atoms with Crippen molar-refractivity contribution in [1.29, 1.82) is 0 Å². The van der Waals surface area contributed by atoms with Gasteiger partial charge >= 0.3 is 0 Å². The Morgan fingerprint density at radius 1 is 1.25 bits per heavy atom. The molecule has 0 bridgehead atoms. The highest BCUT2D eigenvalue weighted by Crippen LogP contribution is 2.18. The number of carbonyl (C=O) groups excluding carboxylic acids is 1. The average molecular weight is 321 g/mol. The highest BCUT2D eigenvalue weighted by Gasteiger charge is 2.17. The Morgan fingerprint density at radius 3 is 2.96 bits per heavy atom. The maximum atomic E-state index is 12.1. The van der Waals surface area contributed by atoms with E-state index in [-0.39, 0.29) is 5.91 Å². The highest BCUT2D eigenvalue weighted by atomic mass is 16.1. The van der Waals surface area contributed by atoms with Gasteiger partial charge in [0.1, 0.15) is 12.1 Å². The average Bonchev–Trinajstić information content (AvgIpc) is 3.25. The van der Waals surface area contributed by atoms with E-state index in [4.69, 9.17) is 0 Å². The summed E-state index contributed by atoms with van der Waals surface area (Å²) in [5.74, 6) is 0.802. The number of pyridine rings is 1. The minimum absolute atomic E-state index is 0.0250. The summed E-state index contributed by atoms with van der Waals surface area (Å²) in [6, 6.07) is 12.0. The molecule has 1 aliphatic rings. The van der Waals surface area contributed by atoms with Crippen LogP contribution in [0.5, 0.6) is 0 Å². The summed E-state index contributed by atoms with van der Waals surface area (Å²) in [5, 5.41) is 6.24. The number of imidazole rings is 1. The molecule has 3 heterocycles. The molecule has 1 aliphatic heterocycles. The van der Waals surface area contributed by atoms with E-state index in [1.807, 2.05) is 41.0 Å². The number of benzene rings is 1. The molecule has 24 heavy (non-hydrogen) atoms. The summed E-state index contributed by atoms with van der Waals surface area (Å²) >= 11 is 0. The third kappa shape index (κ3) is 3.00. The molecule has 1 fully saturated rings. The van der Waals surface area contributed by atoms with Crippen LogP contribution in [0, 0.1) is 0 Å². The molecule has 3 aromatic rings. The van der Waals surface area contributed by atoms with E-state index in [2.05, 4.69) is 20.6 Å². The predicted molar refractivity (Wildman–Crippen MR) is 93.1 cm³/mol. The van der Waals surface area contributed by atoms with E-state index < -0.39 is 0 Å². The molecule has 0 saturated carbocycles. The third-order valence-corrected chi connectivity index (χ3v) is 4.33. The number of anilines is 1. The number of aromatic nitrogens is 3. The topological polar surface area (TPSA) is 71.8 Å². The Bertz CT molecular complexity index is 849. The van der Waals surface area contributed by atoms with Gasteiger partial charge in [-0.25, -0.2) is 9.97 Å². The fourth-order valence-corrected chi connectivity index (χ4v) is 3.11. The first-order valence-electron chi connectivity index (χ1n) is 8.21. The van der Waals surface area contributed by atoms with Crippen molar-refractivity contribution in [3.63, 3.8) is 0 Å². The van der Waals surface area contributed by atoms with E-state index in [1.165, 1.54) is 0 Å². The molecule has 1 aromatic carbocycles. The molecule has 122 valence electrons. The lowest BCUT2D eigenvalue weighted by Crippen LogP contribution is -2.27. The summed E-state index contributed by atoms with van der Waals surface area (Å²) < 4.78 is 1.93. The van der Waals surface area contributed by atoms with Gasteiger partial charge in [0, 0.05) is 12.5 Å². The normalized spacial score (nSPS) is 17.2. The van der Waals surface area contributed by atoms with Crippen LogP contribution in [-0.2, 0) is 4.79 Å². The largest absolute Gasteiger partial charge is 0.325 e. The highest BCUT2D eigenvalue weighted by molar-refractivity contribution is 5.91. The predicted octanol–water partition coefficient (Wildman–Crippen LogP) is 2.50. The van der Waals surface area contributed by atoms with Crippen LogP contribution in [0.2, 0.25) is 0 Å². The minimum Gasteiger partial charge on any atom is -0.325 e. The van der Waals surface area contributed by atoms with Crippen molar-refractivity contribution in [3.05, 3.63) is 48.9 Å². The van der Waals surface area contributed by atoms with E-state index in [0.29, 0.717) is 18.2 Å². The van der Waals surface area contributed by atoms with E-state index in [0.717, 1.165) is 36.2 Å². The Labute approximate surface area is 139 Å². The number of nitrogens with one attached hydrogen (secondary N) is 2. The first kappa shape index (κ1) is 14.8. The SMILES string of the molecule is O=C(CC1CCCN1)Nc1ccc(-n2cnc3ccccc32)nc1. The molecular formula is C18H19N5O. The van der Waals surface area contributed by atoms with Crippen LogP contribution in [-0.4, -0.2) is 33.0 Å². The van der Waals surface area contributed by atoms with Gasteiger partial charge < -0.3 is 10.6 Å². The molecule has 0 radical (unpaired) electrons. The molecular weight excluding hydrogens is 302 g/mol. The number of hydrogen-bond donors (Lipinski definition) is 2. The van der Waals surface area contributed by atoms with Crippen molar-refractivity contribution >= 4 is 22.6 Å². The fourth-order valence-electron chi connectivity index (χ4n) is 3.11. The van der Waals surface area contributed by atoms with Gasteiger partial charge in [0.25, 0.3) is 0 Å². The molecule has 2 N–H and O–H groups in total. The Balaban J connectivity index is 1.47. The van der Waals surface area contributed by atoms with Gasteiger partial charge in [-0.2, -0.15) is 0 Å². The van der Waals surface area contributed by atoms with Crippen molar-refractivity contribution < 1.29 is 4.79 Å². The van der Waals surface area contributed by atoms with Crippen LogP contribution in [0.15, 0.2) is 48.9 Å². The van der Waals surface area contributed by atoms with Gasteiger partial charge in [-0.15, -0.1) is 0 Å². The van der Waals surface area contributed by atoms with Crippen LogP contribution >= 0.6 is 0 Å². The number of hydrogen-bond acceptors (Lipinski definition) is 4. The van der Waals surface area contributed by atoms with Crippen LogP contribution in [0.1, 0.15) is 19.3 Å². The van der Waals surface area contributed by atoms with Crippen LogP contribution < -0.4 is 10.6 Å². The monoisotopic (exact) mass is 321 g/mol. The Hall–Kier alpha value is -2.73. The lowest BCUT2D eigenvalue weighted by atomic mass is 10.1. The van der Waals surface area contributed by atoms with E-state index in [9.17, 15) is 4.79 Å². The smallest absolute Gasteiger partial charge is 0.225 e. The Kier molecular flexibility index (Phi) is 3.96. The molecule has 2 aromatic heterocycles. The molecule has 1 saturated heterocycles. The van der Waals surface area contributed by atoms with Gasteiger partial charge in [0.05, 0.1) is 22.9 Å². The van der Waals surface area contributed by atoms with Crippen LogP contribution in [0.4, 0.5) is 5.69 Å². The van der Waals surface area contributed by atoms with Gasteiger partial charge in [-0.1, -0.05) is 12.1 Å². The number of para-hydroxylation sites is 2. The third-order valence-electron chi connectivity index (χ3n) is 4.33.